The normalized spacial score (nSPS) is 10.5. The largest absolute Gasteiger partial charge is 1.00 e. The topological polar surface area (TPSA) is 26.3 Å². The molecule has 0 radical (unpaired) electrons. The predicted molar refractivity (Wildman–Crippen MR) is 90.5 cm³/mol. The van der Waals surface area contributed by atoms with Gasteiger partial charge in [-0.25, -0.2) is 0 Å². The molecule has 4 heteroatoms. The Labute approximate surface area is 146 Å². The SMILES string of the molecule is CCOc1ccc(PC(=O)c2c(C)cc(C)cc2C)cc1.[Li+]. The second kappa shape index (κ2) is 8.54. The van der Waals surface area contributed by atoms with Crippen LogP contribution in [0.3, 0.4) is 0 Å². The second-order valence-electron chi connectivity index (χ2n) is 5.19. The van der Waals surface area contributed by atoms with Crippen LogP contribution in [0.1, 0.15) is 34.0 Å². The Bertz CT molecular complexity index is 628. The van der Waals surface area contributed by atoms with Crippen molar-refractivity contribution in [2.75, 3.05) is 6.61 Å². The van der Waals surface area contributed by atoms with Crippen LogP contribution in [-0.4, -0.2) is 12.1 Å². The predicted octanol–water partition coefficient (Wildman–Crippen LogP) is 1.16. The van der Waals surface area contributed by atoms with Crippen LogP contribution in [0.5, 0.6) is 5.75 Å². The molecular weight excluding hydrogens is 286 g/mol. The minimum atomic E-state index is 0. The monoisotopic (exact) mass is 307 g/mol. The first-order chi connectivity index (χ1) is 10.0. The molecule has 110 valence electrons. The van der Waals surface area contributed by atoms with Gasteiger partial charge in [0.05, 0.1) is 6.61 Å². The first-order valence-corrected chi connectivity index (χ1v) is 8.13. The molecule has 2 nitrogen and oxygen atoms in total. The minimum Gasteiger partial charge on any atom is -0.494 e. The average Bonchev–Trinajstić information content (AvgIpc) is 2.40. The van der Waals surface area contributed by atoms with Crippen molar-refractivity contribution in [3.63, 3.8) is 0 Å². The molecule has 0 fully saturated rings. The summed E-state index contributed by atoms with van der Waals surface area (Å²) in [6.07, 6.45) is 0. The summed E-state index contributed by atoms with van der Waals surface area (Å²) in [4.78, 5) is 12.6. The quantitative estimate of drug-likeness (QED) is 0.612. The van der Waals surface area contributed by atoms with E-state index < -0.39 is 0 Å². The Hall–Kier alpha value is -1.06. The Morgan fingerprint density at radius 3 is 2.09 bits per heavy atom. The van der Waals surface area contributed by atoms with E-state index in [9.17, 15) is 4.79 Å². The summed E-state index contributed by atoms with van der Waals surface area (Å²) in [5, 5.41) is 1.04. The van der Waals surface area contributed by atoms with Gasteiger partial charge in [0.2, 0.25) is 0 Å². The molecule has 1 unspecified atom stereocenters. The van der Waals surface area contributed by atoms with E-state index in [1.807, 2.05) is 45.0 Å². The Morgan fingerprint density at radius 1 is 1.05 bits per heavy atom. The molecule has 2 aromatic carbocycles. The molecule has 0 N–H and O–H groups in total. The van der Waals surface area contributed by atoms with E-state index in [0.717, 1.165) is 27.7 Å². The molecule has 0 aliphatic carbocycles. The molecule has 22 heavy (non-hydrogen) atoms. The van der Waals surface area contributed by atoms with Crippen LogP contribution in [0.15, 0.2) is 36.4 Å². The summed E-state index contributed by atoms with van der Waals surface area (Å²) in [6.45, 7) is 8.69. The summed E-state index contributed by atoms with van der Waals surface area (Å²) in [5.41, 5.74) is 4.40. The Kier molecular flexibility index (Phi) is 7.37. The molecule has 2 aromatic rings. The molecule has 0 aromatic heterocycles. The molecule has 0 aliphatic heterocycles. The van der Waals surface area contributed by atoms with Crippen molar-refractivity contribution >= 4 is 19.4 Å². The molecule has 0 saturated carbocycles. The van der Waals surface area contributed by atoms with E-state index in [1.165, 1.54) is 5.56 Å². The van der Waals surface area contributed by atoms with Gasteiger partial charge < -0.3 is 4.74 Å². The van der Waals surface area contributed by atoms with E-state index >= 15 is 0 Å². The number of ether oxygens (including phenoxy) is 1. The van der Waals surface area contributed by atoms with Crippen LogP contribution in [0, 0.1) is 20.8 Å². The first kappa shape index (κ1) is 19.0. The van der Waals surface area contributed by atoms with E-state index in [4.69, 9.17) is 4.74 Å². The van der Waals surface area contributed by atoms with Gasteiger partial charge in [-0.1, -0.05) is 29.8 Å². The van der Waals surface area contributed by atoms with E-state index in [2.05, 4.69) is 19.1 Å². The van der Waals surface area contributed by atoms with Crippen LogP contribution in [0.4, 0.5) is 0 Å². The Morgan fingerprint density at radius 2 is 1.59 bits per heavy atom. The molecule has 1 atom stereocenters. The number of rotatable bonds is 5. The number of carbonyl (C=O) groups is 1. The van der Waals surface area contributed by atoms with Crippen LogP contribution in [-0.2, 0) is 0 Å². The zero-order chi connectivity index (χ0) is 15.4. The van der Waals surface area contributed by atoms with E-state index in [1.54, 1.807) is 0 Å². The second-order valence-corrected chi connectivity index (χ2v) is 6.47. The van der Waals surface area contributed by atoms with Crippen LogP contribution in [0.25, 0.3) is 0 Å². The van der Waals surface area contributed by atoms with Gasteiger partial charge in [0.25, 0.3) is 0 Å². The van der Waals surface area contributed by atoms with Crippen molar-refractivity contribution in [3.05, 3.63) is 58.7 Å². The van der Waals surface area contributed by atoms with E-state index in [0.29, 0.717) is 6.61 Å². The maximum absolute atomic E-state index is 12.6. The van der Waals surface area contributed by atoms with Gasteiger partial charge >= 0.3 is 18.9 Å². The summed E-state index contributed by atoms with van der Waals surface area (Å²) in [6, 6.07) is 11.9. The van der Waals surface area contributed by atoms with Gasteiger partial charge in [0.15, 0.2) is 5.52 Å². The molecule has 0 bridgehead atoms. The third-order valence-corrected chi connectivity index (χ3v) is 4.43. The third kappa shape index (κ3) is 4.72. The van der Waals surface area contributed by atoms with Crippen LogP contribution < -0.4 is 28.9 Å². The molecule has 0 heterocycles. The number of hydrogen-bond donors (Lipinski definition) is 0. The number of carbonyl (C=O) groups excluding carboxylic acids is 1. The van der Waals surface area contributed by atoms with Crippen LogP contribution in [0.2, 0.25) is 0 Å². The Balaban J connectivity index is 0.00000242. The van der Waals surface area contributed by atoms with Gasteiger partial charge in [-0.15, -0.1) is 0 Å². The van der Waals surface area contributed by atoms with E-state index in [-0.39, 0.29) is 33.0 Å². The number of aryl methyl sites for hydroxylation is 3. The van der Waals surface area contributed by atoms with Crippen molar-refractivity contribution in [1.82, 2.24) is 0 Å². The first-order valence-electron chi connectivity index (χ1n) is 7.13. The summed E-state index contributed by atoms with van der Waals surface area (Å²) < 4.78 is 5.42. The van der Waals surface area contributed by atoms with Gasteiger partial charge in [-0.05, 0) is 64.8 Å². The fourth-order valence-electron chi connectivity index (χ4n) is 2.53. The van der Waals surface area contributed by atoms with Gasteiger partial charge in [0.1, 0.15) is 5.75 Å². The molecule has 0 spiro atoms. The van der Waals surface area contributed by atoms with Crippen molar-refractivity contribution in [1.29, 1.82) is 0 Å². The number of hydrogen-bond acceptors (Lipinski definition) is 2. The molecule has 2 rings (SSSR count). The zero-order valence-electron chi connectivity index (χ0n) is 14.0. The maximum atomic E-state index is 12.6. The zero-order valence-corrected chi connectivity index (χ0v) is 15.0. The van der Waals surface area contributed by atoms with Crippen molar-refractivity contribution in [2.45, 2.75) is 27.7 Å². The average molecular weight is 307 g/mol. The van der Waals surface area contributed by atoms with Crippen molar-refractivity contribution in [3.8, 4) is 5.75 Å². The van der Waals surface area contributed by atoms with Crippen molar-refractivity contribution < 1.29 is 28.4 Å². The standard InChI is InChI=1S/C18H21O2P.Li/c1-5-20-15-6-8-16(9-7-15)21-18(19)17-13(3)10-12(2)11-14(17)4;/h6-11,21H,5H2,1-4H3;/q;+1. The van der Waals surface area contributed by atoms with Crippen LogP contribution >= 0.6 is 8.58 Å². The molecule has 0 aliphatic rings. The summed E-state index contributed by atoms with van der Waals surface area (Å²) >= 11 is 0. The van der Waals surface area contributed by atoms with Gasteiger partial charge in [-0.2, -0.15) is 0 Å². The molecular formula is C18H21LiO2P+. The summed E-state index contributed by atoms with van der Waals surface area (Å²) in [7, 11) is 0.149. The minimum absolute atomic E-state index is 0. The fourth-order valence-corrected chi connectivity index (χ4v) is 3.65. The number of benzene rings is 2. The summed E-state index contributed by atoms with van der Waals surface area (Å²) in [5.74, 6) is 0.848. The fraction of sp³-hybridized carbons (Fsp3) is 0.278. The van der Waals surface area contributed by atoms with Gasteiger partial charge in [-0.3, -0.25) is 4.79 Å². The molecule has 0 saturated heterocycles. The van der Waals surface area contributed by atoms with Crippen molar-refractivity contribution in [2.24, 2.45) is 0 Å². The maximum Gasteiger partial charge on any atom is 1.00 e. The van der Waals surface area contributed by atoms with Gasteiger partial charge in [0, 0.05) is 5.56 Å². The third-order valence-electron chi connectivity index (χ3n) is 3.33. The molecule has 0 amide bonds. The smallest absolute Gasteiger partial charge is 0.494 e.